The lowest BCUT2D eigenvalue weighted by molar-refractivity contribution is 0.143. The minimum Gasteiger partial charge on any atom is -0.449 e. The maximum atomic E-state index is 10.3. The Balaban J connectivity index is 2.51. The number of carboxylic acid groups (broad SMARTS) is 1. The fourth-order valence-corrected chi connectivity index (χ4v) is 1.22. The summed E-state index contributed by atoms with van der Waals surface area (Å²) < 4.78 is 4.53. The van der Waals surface area contributed by atoms with Crippen LogP contribution in [0.15, 0.2) is 30.5 Å². The number of hydrogen-bond donors (Lipinski definition) is 2. The van der Waals surface area contributed by atoms with Crippen LogP contribution in [0, 0.1) is 0 Å². The zero-order valence-electron chi connectivity index (χ0n) is 6.65. The SMILES string of the molecule is O=C(O)Oc1[nH]cc2ccccc12. The molecule has 1 aromatic carbocycles. The van der Waals surface area contributed by atoms with E-state index >= 15 is 0 Å². The highest BCUT2D eigenvalue weighted by Crippen LogP contribution is 2.23. The molecule has 0 unspecified atom stereocenters. The molecule has 2 rings (SSSR count). The van der Waals surface area contributed by atoms with Crippen LogP contribution >= 0.6 is 0 Å². The summed E-state index contributed by atoms with van der Waals surface area (Å²) in [4.78, 5) is 13.0. The molecule has 0 atom stereocenters. The molecule has 13 heavy (non-hydrogen) atoms. The van der Waals surface area contributed by atoms with Crippen molar-refractivity contribution in [2.24, 2.45) is 0 Å². The fraction of sp³-hybridized carbons (Fsp3) is 0. The number of ether oxygens (including phenoxy) is 1. The van der Waals surface area contributed by atoms with Crippen LogP contribution < -0.4 is 4.74 Å². The lowest BCUT2D eigenvalue weighted by atomic mass is 10.2. The van der Waals surface area contributed by atoms with Gasteiger partial charge in [0.1, 0.15) is 0 Å². The smallest absolute Gasteiger partial charge is 0.449 e. The van der Waals surface area contributed by atoms with Gasteiger partial charge in [0.2, 0.25) is 5.88 Å². The topological polar surface area (TPSA) is 62.3 Å². The van der Waals surface area contributed by atoms with E-state index in [2.05, 4.69) is 9.72 Å². The van der Waals surface area contributed by atoms with Gasteiger partial charge in [-0.1, -0.05) is 18.2 Å². The minimum atomic E-state index is -1.31. The number of aromatic amines is 1. The Morgan fingerprint density at radius 2 is 2.15 bits per heavy atom. The van der Waals surface area contributed by atoms with Gasteiger partial charge in [-0.25, -0.2) is 4.79 Å². The second-order valence-corrected chi connectivity index (χ2v) is 2.57. The van der Waals surface area contributed by atoms with Crippen LogP contribution in [0.5, 0.6) is 5.88 Å². The van der Waals surface area contributed by atoms with E-state index in [-0.39, 0.29) is 5.88 Å². The van der Waals surface area contributed by atoms with Crippen molar-refractivity contribution >= 4 is 16.9 Å². The molecule has 0 saturated heterocycles. The van der Waals surface area contributed by atoms with Crippen LogP contribution in [0.2, 0.25) is 0 Å². The maximum absolute atomic E-state index is 10.3. The highest BCUT2D eigenvalue weighted by molar-refractivity contribution is 5.88. The Bertz CT molecular complexity index is 447. The van der Waals surface area contributed by atoms with E-state index in [9.17, 15) is 4.79 Å². The normalized spacial score (nSPS) is 10.2. The summed E-state index contributed by atoms with van der Waals surface area (Å²) in [6, 6.07) is 7.37. The van der Waals surface area contributed by atoms with Gasteiger partial charge < -0.3 is 14.8 Å². The van der Waals surface area contributed by atoms with Gasteiger partial charge in [-0.05, 0) is 6.07 Å². The zero-order chi connectivity index (χ0) is 9.26. The van der Waals surface area contributed by atoms with Gasteiger partial charge in [0.15, 0.2) is 0 Å². The van der Waals surface area contributed by atoms with E-state index < -0.39 is 6.16 Å². The van der Waals surface area contributed by atoms with Gasteiger partial charge in [0.05, 0.1) is 0 Å². The number of rotatable bonds is 1. The van der Waals surface area contributed by atoms with Crippen LogP contribution in [0.3, 0.4) is 0 Å². The molecule has 0 amide bonds. The van der Waals surface area contributed by atoms with Crippen LogP contribution in [0.25, 0.3) is 10.8 Å². The Labute approximate surface area is 73.8 Å². The van der Waals surface area contributed by atoms with Gasteiger partial charge in [-0.2, -0.15) is 0 Å². The second-order valence-electron chi connectivity index (χ2n) is 2.57. The molecule has 0 aliphatic carbocycles. The number of nitrogens with one attached hydrogen (secondary N) is 1. The quantitative estimate of drug-likeness (QED) is 0.656. The maximum Gasteiger partial charge on any atom is 0.512 e. The largest absolute Gasteiger partial charge is 0.512 e. The number of fused-ring (bicyclic) bond motifs is 1. The first-order valence-corrected chi connectivity index (χ1v) is 3.74. The van der Waals surface area contributed by atoms with Crippen molar-refractivity contribution in [1.82, 2.24) is 4.98 Å². The Morgan fingerprint density at radius 3 is 2.92 bits per heavy atom. The summed E-state index contributed by atoms with van der Waals surface area (Å²) in [5.41, 5.74) is 0. The predicted octanol–water partition coefficient (Wildman–Crippen LogP) is 2.22. The molecule has 2 N–H and O–H groups in total. The molecule has 0 aliphatic rings. The first-order valence-electron chi connectivity index (χ1n) is 3.74. The van der Waals surface area contributed by atoms with E-state index in [0.29, 0.717) is 0 Å². The minimum absolute atomic E-state index is 0.267. The molecule has 4 heteroatoms. The lowest BCUT2D eigenvalue weighted by Crippen LogP contribution is -2.03. The first-order chi connectivity index (χ1) is 6.27. The summed E-state index contributed by atoms with van der Waals surface area (Å²) >= 11 is 0. The first kappa shape index (κ1) is 7.67. The summed E-state index contributed by atoms with van der Waals surface area (Å²) in [7, 11) is 0. The molecule has 66 valence electrons. The van der Waals surface area contributed by atoms with Crippen molar-refractivity contribution in [2.75, 3.05) is 0 Å². The molecule has 1 aromatic heterocycles. The van der Waals surface area contributed by atoms with E-state index in [0.717, 1.165) is 10.8 Å². The third-order valence-corrected chi connectivity index (χ3v) is 1.75. The predicted molar refractivity (Wildman–Crippen MR) is 47.0 cm³/mol. The number of carbonyl (C=O) groups is 1. The van der Waals surface area contributed by atoms with Crippen LogP contribution in [-0.2, 0) is 0 Å². The Kier molecular flexibility index (Phi) is 1.66. The lowest BCUT2D eigenvalue weighted by Gasteiger charge is -1.95. The number of benzene rings is 1. The van der Waals surface area contributed by atoms with Gasteiger partial charge in [0.25, 0.3) is 0 Å². The van der Waals surface area contributed by atoms with Crippen molar-refractivity contribution in [1.29, 1.82) is 0 Å². The van der Waals surface area contributed by atoms with Crippen LogP contribution in [-0.4, -0.2) is 16.2 Å². The van der Waals surface area contributed by atoms with Crippen LogP contribution in [0.4, 0.5) is 4.79 Å². The van der Waals surface area contributed by atoms with E-state index in [1.165, 1.54) is 0 Å². The average molecular weight is 177 g/mol. The van der Waals surface area contributed by atoms with Crippen molar-refractivity contribution in [3.8, 4) is 5.88 Å². The summed E-state index contributed by atoms with van der Waals surface area (Å²) in [6.07, 6.45) is 0.390. The highest BCUT2D eigenvalue weighted by atomic mass is 16.7. The van der Waals surface area contributed by atoms with Crippen LogP contribution in [0.1, 0.15) is 0 Å². The molecule has 0 spiro atoms. The Morgan fingerprint density at radius 1 is 1.38 bits per heavy atom. The monoisotopic (exact) mass is 177 g/mol. The molecule has 0 radical (unpaired) electrons. The summed E-state index contributed by atoms with van der Waals surface area (Å²) in [5, 5.41) is 10.1. The van der Waals surface area contributed by atoms with E-state index in [4.69, 9.17) is 5.11 Å². The molecular formula is C9H7NO3. The van der Waals surface area contributed by atoms with Gasteiger partial charge in [0, 0.05) is 17.0 Å². The third kappa shape index (κ3) is 1.33. The summed E-state index contributed by atoms with van der Waals surface area (Å²) in [5.74, 6) is 0.267. The molecule has 4 nitrogen and oxygen atoms in total. The second kappa shape index (κ2) is 2.82. The standard InChI is InChI=1S/C9H7NO3/c11-9(12)13-8-7-4-2-1-3-6(7)5-10-8/h1-5,10H,(H,11,12). The van der Waals surface area contributed by atoms with Gasteiger partial charge in [-0.15, -0.1) is 0 Å². The summed E-state index contributed by atoms with van der Waals surface area (Å²) in [6.45, 7) is 0. The molecule has 0 saturated carbocycles. The molecule has 0 fully saturated rings. The molecule has 0 aliphatic heterocycles. The molecular weight excluding hydrogens is 170 g/mol. The number of aromatic nitrogens is 1. The fourth-order valence-electron chi connectivity index (χ4n) is 1.22. The Hall–Kier alpha value is -1.97. The number of hydrogen-bond acceptors (Lipinski definition) is 2. The van der Waals surface area contributed by atoms with Crippen molar-refractivity contribution < 1.29 is 14.6 Å². The van der Waals surface area contributed by atoms with Crippen molar-refractivity contribution in [3.63, 3.8) is 0 Å². The van der Waals surface area contributed by atoms with Crippen molar-refractivity contribution in [3.05, 3.63) is 30.5 Å². The van der Waals surface area contributed by atoms with E-state index in [1.54, 1.807) is 12.3 Å². The van der Waals surface area contributed by atoms with Crippen molar-refractivity contribution in [2.45, 2.75) is 0 Å². The zero-order valence-corrected chi connectivity index (χ0v) is 6.65. The molecule has 2 aromatic rings. The van der Waals surface area contributed by atoms with Gasteiger partial charge >= 0.3 is 6.16 Å². The average Bonchev–Trinajstić information content (AvgIpc) is 2.48. The highest BCUT2D eigenvalue weighted by Gasteiger charge is 2.06. The van der Waals surface area contributed by atoms with E-state index in [1.807, 2.05) is 18.2 Å². The van der Waals surface area contributed by atoms with Gasteiger partial charge in [-0.3, -0.25) is 0 Å². The number of H-pyrrole nitrogens is 1. The third-order valence-electron chi connectivity index (χ3n) is 1.75. The molecule has 0 bridgehead atoms. The molecule has 1 heterocycles.